The zero-order chi connectivity index (χ0) is 28.3. The lowest BCUT2D eigenvalue weighted by molar-refractivity contribution is -0.137. The molecule has 3 aromatic carbocycles. The van der Waals surface area contributed by atoms with Crippen LogP contribution >= 0.6 is 11.6 Å². The van der Waals surface area contributed by atoms with Crippen molar-refractivity contribution in [1.29, 1.82) is 0 Å². The van der Waals surface area contributed by atoms with Gasteiger partial charge < -0.3 is 10.0 Å². The molecule has 4 aromatic rings. The number of aliphatic carboxylic acids is 1. The predicted octanol–water partition coefficient (Wildman–Crippen LogP) is 7.40. The lowest BCUT2D eigenvalue weighted by Gasteiger charge is -2.47. The number of likely N-dealkylation sites (tertiary alicyclic amines) is 1. The van der Waals surface area contributed by atoms with Gasteiger partial charge in [0.1, 0.15) is 0 Å². The van der Waals surface area contributed by atoms with Crippen LogP contribution in [0.2, 0.25) is 5.02 Å². The summed E-state index contributed by atoms with van der Waals surface area (Å²) in [6.45, 7) is 1.56. The summed E-state index contributed by atoms with van der Waals surface area (Å²) in [5, 5.41) is 9.69. The number of piperidine rings is 1. The van der Waals surface area contributed by atoms with Gasteiger partial charge in [0.25, 0.3) is 5.91 Å². The van der Waals surface area contributed by atoms with Crippen molar-refractivity contribution in [2.75, 3.05) is 13.1 Å². The Labute approximate surface area is 245 Å². The van der Waals surface area contributed by atoms with Gasteiger partial charge in [-0.3, -0.25) is 9.59 Å². The molecule has 1 aliphatic heterocycles. The second-order valence-corrected chi connectivity index (χ2v) is 11.9. The molecule has 1 amide bonds. The highest BCUT2D eigenvalue weighted by molar-refractivity contribution is 6.30. The largest absolute Gasteiger partial charge is 0.481 e. The summed E-state index contributed by atoms with van der Waals surface area (Å²) in [6, 6.07) is 23.9. The van der Waals surface area contributed by atoms with Crippen molar-refractivity contribution in [1.82, 2.24) is 14.9 Å². The molecular formula is C34H34ClN3O3. The smallest absolute Gasteiger partial charge is 0.303 e. The molecule has 2 heterocycles. The van der Waals surface area contributed by atoms with Crippen LogP contribution in [0.15, 0.2) is 72.8 Å². The molecule has 1 saturated heterocycles. The SMILES string of the molecule is O=C(O)CCCCc1nc2cc(C(=O)N3CC4CCCC(C3)C4c3ccccc3)ccc2nc1-c1ccc(Cl)cc1. The van der Waals surface area contributed by atoms with Crippen LogP contribution in [0.1, 0.15) is 66.1 Å². The van der Waals surface area contributed by atoms with E-state index in [1.54, 1.807) is 0 Å². The third-order valence-electron chi connectivity index (χ3n) is 8.70. The van der Waals surface area contributed by atoms with Crippen LogP contribution in [0, 0.1) is 11.8 Å². The Kier molecular flexibility index (Phi) is 8.02. The molecule has 41 heavy (non-hydrogen) atoms. The van der Waals surface area contributed by atoms with Crippen LogP contribution in [0.5, 0.6) is 0 Å². The fourth-order valence-electron chi connectivity index (χ4n) is 6.81. The number of carbonyl (C=O) groups excluding carboxylic acids is 1. The van der Waals surface area contributed by atoms with Crippen molar-refractivity contribution in [3.63, 3.8) is 0 Å². The lowest BCUT2D eigenvalue weighted by Crippen LogP contribution is -2.49. The molecule has 2 unspecified atom stereocenters. The number of hydrogen-bond donors (Lipinski definition) is 1. The van der Waals surface area contributed by atoms with Crippen LogP contribution in [-0.2, 0) is 11.2 Å². The van der Waals surface area contributed by atoms with Gasteiger partial charge >= 0.3 is 5.97 Å². The summed E-state index contributed by atoms with van der Waals surface area (Å²) in [4.78, 5) is 36.8. The summed E-state index contributed by atoms with van der Waals surface area (Å²) in [7, 11) is 0. The van der Waals surface area contributed by atoms with E-state index in [2.05, 4.69) is 35.2 Å². The van der Waals surface area contributed by atoms with E-state index in [1.165, 1.54) is 12.0 Å². The van der Waals surface area contributed by atoms with Crippen LogP contribution in [0.4, 0.5) is 0 Å². The third-order valence-corrected chi connectivity index (χ3v) is 8.95. The number of aryl methyl sites for hydroxylation is 1. The van der Waals surface area contributed by atoms with Crippen LogP contribution in [0.25, 0.3) is 22.3 Å². The molecule has 6 rings (SSSR count). The van der Waals surface area contributed by atoms with Gasteiger partial charge in [-0.1, -0.05) is 60.5 Å². The molecule has 1 N–H and O–H groups in total. The zero-order valence-corrected chi connectivity index (χ0v) is 23.8. The Morgan fingerprint density at radius 2 is 1.61 bits per heavy atom. The summed E-state index contributed by atoms with van der Waals surface area (Å²) in [5.41, 5.74) is 5.92. The second-order valence-electron chi connectivity index (χ2n) is 11.4. The maximum absolute atomic E-state index is 13.8. The Bertz CT molecular complexity index is 1540. The van der Waals surface area contributed by atoms with Gasteiger partial charge in [0.05, 0.1) is 22.4 Å². The van der Waals surface area contributed by atoms with E-state index < -0.39 is 5.97 Å². The number of benzene rings is 3. The zero-order valence-electron chi connectivity index (χ0n) is 23.0. The number of carbonyl (C=O) groups is 2. The Balaban J connectivity index is 1.27. The summed E-state index contributed by atoms with van der Waals surface area (Å²) < 4.78 is 0. The number of unbranched alkanes of at least 4 members (excludes halogenated alkanes) is 1. The number of nitrogens with zero attached hydrogens (tertiary/aromatic N) is 3. The number of amides is 1. The van der Waals surface area contributed by atoms with E-state index in [-0.39, 0.29) is 12.3 Å². The van der Waals surface area contributed by atoms with Gasteiger partial charge in [-0.2, -0.15) is 0 Å². The molecule has 2 aliphatic rings. The Morgan fingerprint density at radius 1 is 0.878 bits per heavy atom. The molecule has 210 valence electrons. The highest BCUT2D eigenvalue weighted by atomic mass is 35.5. The average molecular weight is 568 g/mol. The first-order chi connectivity index (χ1) is 20.0. The number of carboxylic acids is 1. The average Bonchev–Trinajstić information content (AvgIpc) is 2.98. The van der Waals surface area contributed by atoms with E-state index in [0.717, 1.165) is 48.4 Å². The number of halogens is 1. The molecule has 0 spiro atoms. The third kappa shape index (κ3) is 5.98. The first-order valence-electron chi connectivity index (χ1n) is 14.6. The summed E-state index contributed by atoms with van der Waals surface area (Å²) in [6.07, 6.45) is 5.52. The molecule has 1 saturated carbocycles. The van der Waals surface area contributed by atoms with Crippen molar-refractivity contribution in [3.8, 4) is 11.3 Å². The molecule has 6 nitrogen and oxygen atoms in total. The van der Waals surface area contributed by atoms with Crippen molar-refractivity contribution in [2.45, 2.75) is 50.9 Å². The van der Waals surface area contributed by atoms with E-state index in [4.69, 9.17) is 26.7 Å². The highest BCUT2D eigenvalue weighted by Crippen LogP contribution is 2.46. The molecule has 1 aliphatic carbocycles. The Hall–Kier alpha value is -3.77. The fourth-order valence-corrected chi connectivity index (χ4v) is 6.94. The highest BCUT2D eigenvalue weighted by Gasteiger charge is 2.41. The molecule has 0 radical (unpaired) electrons. The number of aromatic nitrogens is 2. The Morgan fingerprint density at radius 3 is 2.32 bits per heavy atom. The first-order valence-corrected chi connectivity index (χ1v) is 15.0. The second kappa shape index (κ2) is 12.0. The number of rotatable bonds is 8. The van der Waals surface area contributed by atoms with Gasteiger partial charge in [0.15, 0.2) is 0 Å². The maximum Gasteiger partial charge on any atom is 0.303 e. The first kappa shape index (κ1) is 27.4. The summed E-state index contributed by atoms with van der Waals surface area (Å²) in [5.74, 6) is 0.739. The van der Waals surface area contributed by atoms with E-state index in [1.807, 2.05) is 42.5 Å². The molecular weight excluding hydrogens is 534 g/mol. The van der Waals surface area contributed by atoms with Crippen LogP contribution < -0.4 is 0 Å². The minimum atomic E-state index is -0.799. The van der Waals surface area contributed by atoms with Gasteiger partial charge in [0.2, 0.25) is 0 Å². The number of hydrogen-bond acceptors (Lipinski definition) is 4. The van der Waals surface area contributed by atoms with Gasteiger partial charge in [0, 0.05) is 35.7 Å². The van der Waals surface area contributed by atoms with Gasteiger partial charge in [-0.25, -0.2) is 9.97 Å². The minimum absolute atomic E-state index is 0.0573. The lowest BCUT2D eigenvalue weighted by atomic mass is 9.66. The predicted molar refractivity (Wildman–Crippen MR) is 161 cm³/mol. The van der Waals surface area contributed by atoms with Crippen molar-refractivity contribution < 1.29 is 14.7 Å². The molecule has 1 aromatic heterocycles. The van der Waals surface area contributed by atoms with Crippen LogP contribution in [-0.4, -0.2) is 44.9 Å². The van der Waals surface area contributed by atoms with Crippen molar-refractivity contribution >= 4 is 34.5 Å². The quantitative estimate of drug-likeness (QED) is 0.224. The van der Waals surface area contributed by atoms with E-state index >= 15 is 0 Å². The van der Waals surface area contributed by atoms with E-state index in [9.17, 15) is 9.59 Å². The number of carboxylic acid groups (broad SMARTS) is 1. The molecule has 2 fully saturated rings. The molecule has 2 atom stereocenters. The summed E-state index contributed by atoms with van der Waals surface area (Å²) >= 11 is 6.12. The molecule has 2 bridgehead atoms. The standard InChI is InChI=1S/C34H34ClN3O3/c35-27-16-13-23(14-17-27)33-29(11-4-5-12-31(39)40)36-30-19-24(15-18-28(30)37-33)34(41)38-20-25-9-6-10-26(21-38)32(25)22-7-2-1-3-8-22/h1-3,7-8,13-19,25-26,32H,4-6,9-12,20-21H2,(H,39,40). The normalized spacial score (nSPS) is 20.2. The van der Waals surface area contributed by atoms with E-state index in [0.29, 0.717) is 53.1 Å². The van der Waals surface area contributed by atoms with Crippen molar-refractivity contribution in [2.24, 2.45) is 11.8 Å². The maximum atomic E-state index is 13.8. The van der Waals surface area contributed by atoms with Gasteiger partial charge in [-0.15, -0.1) is 0 Å². The van der Waals surface area contributed by atoms with Gasteiger partial charge in [-0.05, 0) is 85.8 Å². The van der Waals surface area contributed by atoms with Crippen molar-refractivity contribution in [3.05, 3.63) is 94.6 Å². The topological polar surface area (TPSA) is 83.4 Å². The minimum Gasteiger partial charge on any atom is -0.481 e. The van der Waals surface area contributed by atoms with Crippen LogP contribution in [0.3, 0.4) is 0 Å². The number of fused-ring (bicyclic) bond motifs is 3. The fraction of sp³-hybridized carbons (Fsp3) is 0.353. The molecule has 7 heteroatoms. The monoisotopic (exact) mass is 567 g/mol.